The number of anilines is 1. The fraction of sp³-hybridized carbons (Fsp3) is 0.556. The standard InChI is InChI=1S/C9H10FN3S/c10-6-2-11-9(12-3-6)13-4-8-1-7(13)5-14-8/h2-3,7-8H,1,4-5H2/t7-,8-/m0/s1. The molecule has 3 rings (SSSR count). The zero-order chi connectivity index (χ0) is 9.54. The molecular weight excluding hydrogens is 201 g/mol. The van der Waals surface area contributed by atoms with Gasteiger partial charge in [0.25, 0.3) is 0 Å². The van der Waals surface area contributed by atoms with E-state index < -0.39 is 0 Å². The Hall–Kier alpha value is -0.840. The van der Waals surface area contributed by atoms with Gasteiger partial charge < -0.3 is 4.90 Å². The van der Waals surface area contributed by atoms with Crippen LogP contribution in [0.2, 0.25) is 0 Å². The van der Waals surface area contributed by atoms with Gasteiger partial charge >= 0.3 is 0 Å². The molecule has 2 aliphatic rings. The molecule has 0 saturated carbocycles. The summed E-state index contributed by atoms with van der Waals surface area (Å²) in [6.45, 7) is 1.01. The highest BCUT2D eigenvalue weighted by molar-refractivity contribution is 8.00. The first-order chi connectivity index (χ1) is 6.83. The van der Waals surface area contributed by atoms with Crippen LogP contribution in [0.15, 0.2) is 12.4 Å². The average Bonchev–Trinajstić information content (AvgIpc) is 2.80. The highest BCUT2D eigenvalue weighted by Gasteiger charge is 2.39. The second kappa shape index (κ2) is 3.08. The van der Waals surface area contributed by atoms with Crippen LogP contribution in [0.1, 0.15) is 6.42 Å². The number of aromatic nitrogens is 2. The number of fused-ring (bicyclic) bond motifs is 2. The van der Waals surface area contributed by atoms with Crippen LogP contribution in [-0.2, 0) is 0 Å². The van der Waals surface area contributed by atoms with Gasteiger partial charge in [-0.05, 0) is 6.42 Å². The molecular formula is C9H10FN3S. The first kappa shape index (κ1) is 8.47. The fourth-order valence-corrected chi connectivity index (χ4v) is 3.53. The van der Waals surface area contributed by atoms with Crippen molar-refractivity contribution in [2.75, 3.05) is 17.2 Å². The first-order valence-corrected chi connectivity index (χ1v) is 5.73. The Labute approximate surface area is 85.7 Å². The Morgan fingerprint density at radius 3 is 2.79 bits per heavy atom. The molecule has 0 spiro atoms. The molecule has 1 aromatic heterocycles. The lowest BCUT2D eigenvalue weighted by Gasteiger charge is -2.26. The zero-order valence-electron chi connectivity index (χ0n) is 7.56. The SMILES string of the molecule is Fc1cnc(N2C[C@@H]3C[C@H]2CS3)nc1. The number of hydrogen-bond acceptors (Lipinski definition) is 4. The summed E-state index contributed by atoms with van der Waals surface area (Å²) >= 11 is 2.02. The first-order valence-electron chi connectivity index (χ1n) is 4.69. The molecule has 2 aliphatic heterocycles. The maximum absolute atomic E-state index is 12.6. The largest absolute Gasteiger partial charge is 0.336 e. The van der Waals surface area contributed by atoms with Gasteiger partial charge in [0.05, 0.1) is 12.4 Å². The van der Waals surface area contributed by atoms with E-state index in [1.54, 1.807) is 0 Å². The van der Waals surface area contributed by atoms with Crippen molar-refractivity contribution in [2.24, 2.45) is 0 Å². The van der Waals surface area contributed by atoms with E-state index in [-0.39, 0.29) is 5.82 Å². The van der Waals surface area contributed by atoms with Gasteiger partial charge in [0.1, 0.15) is 0 Å². The predicted molar refractivity (Wildman–Crippen MR) is 54.0 cm³/mol. The number of nitrogens with zero attached hydrogens (tertiary/aromatic N) is 3. The predicted octanol–water partition coefficient (Wildman–Crippen LogP) is 1.31. The van der Waals surface area contributed by atoms with Crippen molar-refractivity contribution in [3.8, 4) is 0 Å². The van der Waals surface area contributed by atoms with Crippen LogP contribution in [0, 0.1) is 5.82 Å². The van der Waals surface area contributed by atoms with Gasteiger partial charge in [-0.15, -0.1) is 0 Å². The lowest BCUT2D eigenvalue weighted by Crippen LogP contribution is -2.35. The van der Waals surface area contributed by atoms with Crippen molar-refractivity contribution in [2.45, 2.75) is 17.7 Å². The molecule has 14 heavy (non-hydrogen) atoms. The second-order valence-corrected chi connectivity index (χ2v) is 5.03. The van der Waals surface area contributed by atoms with Gasteiger partial charge in [-0.2, -0.15) is 11.8 Å². The molecule has 2 saturated heterocycles. The number of hydrogen-bond donors (Lipinski definition) is 0. The van der Waals surface area contributed by atoms with Crippen molar-refractivity contribution in [1.82, 2.24) is 9.97 Å². The molecule has 0 amide bonds. The van der Waals surface area contributed by atoms with Gasteiger partial charge in [0.2, 0.25) is 5.95 Å². The summed E-state index contributed by atoms with van der Waals surface area (Å²) in [4.78, 5) is 10.2. The summed E-state index contributed by atoms with van der Waals surface area (Å²) in [5, 5.41) is 0.730. The van der Waals surface area contributed by atoms with E-state index in [1.165, 1.54) is 18.8 Å². The third-order valence-corrected chi connectivity index (χ3v) is 4.15. The van der Waals surface area contributed by atoms with Crippen molar-refractivity contribution in [3.05, 3.63) is 18.2 Å². The monoisotopic (exact) mass is 211 g/mol. The third-order valence-electron chi connectivity index (χ3n) is 2.76. The van der Waals surface area contributed by atoms with Crippen molar-refractivity contribution in [1.29, 1.82) is 0 Å². The Balaban J connectivity index is 1.86. The summed E-state index contributed by atoms with van der Waals surface area (Å²) in [5.74, 6) is 1.47. The van der Waals surface area contributed by atoms with Crippen molar-refractivity contribution in [3.63, 3.8) is 0 Å². The minimum atomic E-state index is -0.368. The van der Waals surface area contributed by atoms with E-state index in [0.29, 0.717) is 12.0 Å². The minimum absolute atomic E-state index is 0.368. The van der Waals surface area contributed by atoms with Crippen LogP contribution in [0.4, 0.5) is 10.3 Å². The Morgan fingerprint density at radius 1 is 1.43 bits per heavy atom. The van der Waals surface area contributed by atoms with Gasteiger partial charge in [-0.3, -0.25) is 0 Å². The van der Waals surface area contributed by atoms with E-state index in [0.717, 1.165) is 17.5 Å². The molecule has 1 aromatic rings. The van der Waals surface area contributed by atoms with Gasteiger partial charge in [-0.1, -0.05) is 0 Å². The van der Waals surface area contributed by atoms with Crippen molar-refractivity contribution >= 4 is 17.7 Å². The molecule has 0 aliphatic carbocycles. The summed E-state index contributed by atoms with van der Waals surface area (Å²) in [7, 11) is 0. The molecule has 2 fully saturated rings. The number of rotatable bonds is 1. The summed E-state index contributed by atoms with van der Waals surface area (Å²) in [6, 6.07) is 0.565. The van der Waals surface area contributed by atoms with Crippen LogP contribution in [0.3, 0.4) is 0 Å². The van der Waals surface area contributed by atoms with Gasteiger partial charge in [0.15, 0.2) is 5.82 Å². The lowest BCUT2D eigenvalue weighted by molar-refractivity contribution is 0.610. The molecule has 0 N–H and O–H groups in total. The fourth-order valence-electron chi connectivity index (χ4n) is 2.10. The quantitative estimate of drug-likeness (QED) is 0.700. The molecule has 3 nitrogen and oxygen atoms in total. The maximum Gasteiger partial charge on any atom is 0.225 e. The normalized spacial score (nSPS) is 29.9. The van der Waals surface area contributed by atoms with E-state index in [9.17, 15) is 4.39 Å². The smallest absolute Gasteiger partial charge is 0.225 e. The van der Waals surface area contributed by atoms with Gasteiger partial charge in [-0.25, -0.2) is 14.4 Å². The molecule has 0 aromatic carbocycles. The molecule has 2 bridgehead atoms. The molecule has 2 atom stereocenters. The van der Waals surface area contributed by atoms with Crippen molar-refractivity contribution < 1.29 is 4.39 Å². The topological polar surface area (TPSA) is 29.0 Å². The van der Waals surface area contributed by atoms with E-state index in [1.807, 2.05) is 11.8 Å². The van der Waals surface area contributed by atoms with Gasteiger partial charge in [0, 0.05) is 23.6 Å². The molecule has 0 radical (unpaired) electrons. The van der Waals surface area contributed by atoms with Crippen LogP contribution in [-0.4, -0.2) is 33.6 Å². The zero-order valence-corrected chi connectivity index (χ0v) is 8.38. The lowest BCUT2D eigenvalue weighted by atomic mass is 10.2. The van der Waals surface area contributed by atoms with E-state index in [2.05, 4.69) is 14.9 Å². The van der Waals surface area contributed by atoms with Crippen LogP contribution >= 0.6 is 11.8 Å². The molecule has 74 valence electrons. The summed E-state index contributed by atoms with van der Waals surface area (Å²) in [5.41, 5.74) is 0. The minimum Gasteiger partial charge on any atom is -0.336 e. The van der Waals surface area contributed by atoms with Crippen LogP contribution in [0.25, 0.3) is 0 Å². The average molecular weight is 211 g/mol. The number of halogens is 1. The Morgan fingerprint density at radius 2 is 2.21 bits per heavy atom. The van der Waals surface area contributed by atoms with E-state index >= 15 is 0 Å². The van der Waals surface area contributed by atoms with Crippen LogP contribution in [0.5, 0.6) is 0 Å². The number of thioether (sulfide) groups is 1. The maximum atomic E-state index is 12.6. The Kier molecular flexibility index (Phi) is 1.87. The van der Waals surface area contributed by atoms with Crippen LogP contribution < -0.4 is 4.90 Å². The Bertz CT molecular complexity index is 342. The molecule has 5 heteroatoms. The third kappa shape index (κ3) is 1.27. The summed E-state index contributed by atoms with van der Waals surface area (Å²) < 4.78 is 12.6. The highest BCUT2D eigenvalue weighted by atomic mass is 32.2. The highest BCUT2D eigenvalue weighted by Crippen LogP contribution is 2.38. The molecule has 0 unspecified atom stereocenters. The summed E-state index contributed by atoms with van der Waals surface area (Å²) in [6.07, 6.45) is 3.70. The second-order valence-electron chi connectivity index (χ2n) is 3.70. The van der Waals surface area contributed by atoms with E-state index in [4.69, 9.17) is 0 Å². The molecule has 3 heterocycles.